The number of amides is 1. The molecule has 160 valence electrons. The zero-order chi connectivity index (χ0) is 20.5. The molecule has 1 amide bonds. The fraction of sp³-hybridized carbons (Fsp3) is 0.875. The third-order valence-corrected chi connectivity index (χ3v) is 3.90. The van der Waals surface area contributed by atoms with E-state index in [4.69, 9.17) is 23.7 Å². The summed E-state index contributed by atoms with van der Waals surface area (Å²) in [5, 5.41) is 2.42. The molecule has 0 saturated heterocycles. The number of rotatable bonds is 18. The van der Waals surface area contributed by atoms with Crippen LogP contribution in [0.1, 0.15) is 13.8 Å². The predicted molar refractivity (Wildman–Crippen MR) is 115 cm³/mol. The summed E-state index contributed by atoms with van der Waals surface area (Å²) in [4.78, 5) is 21.4. The van der Waals surface area contributed by atoms with E-state index in [2.05, 4.69) is 5.32 Å². The molecule has 0 aliphatic rings. The molecule has 1 unspecified atom stereocenters. The van der Waals surface area contributed by atoms with Gasteiger partial charge < -0.3 is 29.0 Å². The first-order valence-corrected chi connectivity index (χ1v) is 10.6. The Hall–Kier alpha value is 0.330. The van der Waals surface area contributed by atoms with E-state index in [-0.39, 0.29) is 27.5 Å². The van der Waals surface area contributed by atoms with Crippen LogP contribution in [0.2, 0.25) is 0 Å². The molecule has 0 aliphatic heterocycles. The van der Waals surface area contributed by atoms with Gasteiger partial charge in [0.05, 0.1) is 65.0 Å². The van der Waals surface area contributed by atoms with Gasteiger partial charge >= 0.3 is 0 Å². The third kappa shape index (κ3) is 18.1. The van der Waals surface area contributed by atoms with Gasteiger partial charge in [-0.25, -0.2) is 4.39 Å². The number of hydrogen-bond acceptors (Lipinski definition) is 7. The lowest BCUT2D eigenvalue weighted by Gasteiger charge is -2.29. The predicted octanol–water partition coefficient (Wildman–Crippen LogP) is 2.29. The van der Waals surface area contributed by atoms with Crippen molar-refractivity contribution in [3.63, 3.8) is 0 Å². The van der Waals surface area contributed by atoms with Gasteiger partial charge in [-0.3, -0.25) is 9.59 Å². The SMILES string of the molecule is CC(C)(OCCOCCOCCOCCOCC(=O)I)C(F)CNC(=O)I. The van der Waals surface area contributed by atoms with Crippen molar-refractivity contribution >= 4 is 52.9 Å². The summed E-state index contributed by atoms with van der Waals surface area (Å²) in [5.41, 5.74) is -1.01. The zero-order valence-corrected chi connectivity index (χ0v) is 20.0. The Morgan fingerprint density at radius 1 is 0.889 bits per heavy atom. The van der Waals surface area contributed by atoms with Crippen LogP contribution in [0.4, 0.5) is 9.18 Å². The van der Waals surface area contributed by atoms with Crippen LogP contribution in [-0.4, -0.2) is 85.5 Å². The molecule has 0 aromatic rings. The minimum Gasteiger partial charge on any atom is -0.377 e. The van der Waals surface area contributed by atoms with Gasteiger partial charge in [0.15, 0.2) is 0 Å². The standard InChI is InChI=1S/C16H28FI2NO7/c1-16(2,13(17)11-20-15(19)22)27-10-9-25-6-5-23-3-4-24-7-8-26-12-14(18)21/h13H,3-12H2,1-2H3,(H,20,22). The highest BCUT2D eigenvalue weighted by Gasteiger charge is 2.30. The topological polar surface area (TPSA) is 92.3 Å². The fourth-order valence-corrected chi connectivity index (χ4v) is 2.12. The molecule has 11 heteroatoms. The van der Waals surface area contributed by atoms with E-state index in [1.165, 1.54) is 0 Å². The van der Waals surface area contributed by atoms with Crippen molar-refractivity contribution in [3.8, 4) is 0 Å². The van der Waals surface area contributed by atoms with Crippen molar-refractivity contribution in [2.75, 3.05) is 66.0 Å². The van der Waals surface area contributed by atoms with Crippen LogP contribution in [0.15, 0.2) is 0 Å². The minimum absolute atomic E-state index is 0.0425. The van der Waals surface area contributed by atoms with E-state index in [9.17, 15) is 14.0 Å². The second-order valence-corrected chi connectivity index (χ2v) is 8.00. The molecular formula is C16H28FI2NO7. The first-order valence-electron chi connectivity index (χ1n) is 8.46. The highest BCUT2D eigenvalue weighted by Crippen LogP contribution is 2.17. The van der Waals surface area contributed by atoms with E-state index in [0.717, 1.165) is 0 Å². The lowest BCUT2D eigenvalue weighted by atomic mass is 10.0. The van der Waals surface area contributed by atoms with Crippen molar-refractivity contribution in [1.29, 1.82) is 0 Å². The van der Waals surface area contributed by atoms with Gasteiger partial charge in [0.25, 0.3) is 3.91 Å². The molecule has 27 heavy (non-hydrogen) atoms. The molecule has 0 aromatic heterocycles. The maximum atomic E-state index is 14.0. The normalized spacial score (nSPS) is 12.8. The van der Waals surface area contributed by atoms with E-state index in [1.54, 1.807) is 59.0 Å². The van der Waals surface area contributed by atoms with Crippen LogP contribution in [0, 0.1) is 0 Å². The Morgan fingerprint density at radius 3 is 1.78 bits per heavy atom. The summed E-state index contributed by atoms with van der Waals surface area (Å²) in [6.45, 7) is 6.30. The molecule has 0 heterocycles. The number of nitrogens with one attached hydrogen (secondary N) is 1. The molecule has 8 nitrogen and oxygen atoms in total. The van der Waals surface area contributed by atoms with Crippen LogP contribution in [0.3, 0.4) is 0 Å². The number of halogens is 3. The van der Waals surface area contributed by atoms with Crippen LogP contribution < -0.4 is 5.32 Å². The van der Waals surface area contributed by atoms with E-state index < -0.39 is 11.8 Å². The number of alkyl halides is 1. The highest BCUT2D eigenvalue weighted by molar-refractivity contribution is 14.1. The fourth-order valence-electron chi connectivity index (χ4n) is 1.68. The van der Waals surface area contributed by atoms with Gasteiger partial charge in [-0.15, -0.1) is 0 Å². The number of carbonyl (C=O) groups is 2. The van der Waals surface area contributed by atoms with E-state index >= 15 is 0 Å². The Morgan fingerprint density at radius 2 is 1.33 bits per heavy atom. The molecule has 0 bridgehead atoms. The molecule has 0 radical (unpaired) electrons. The summed E-state index contributed by atoms with van der Waals surface area (Å²) in [6, 6.07) is 0. The zero-order valence-electron chi connectivity index (χ0n) is 15.6. The average Bonchev–Trinajstić information content (AvgIpc) is 2.59. The molecule has 0 spiro atoms. The quantitative estimate of drug-likeness (QED) is 0.109. The molecule has 1 atom stereocenters. The lowest BCUT2D eigenvalue weighted by molar-refractivity contribution is -0.114. The second kappa shape index (κ2) is 17.2. The third-order valence-electron chi connectivity index (χ3n) is 3.21. The second-order valence-electron chi connectivity index (χ2n) is 5.82. The van der Waals surface area contributed by atoms with Crippen LogP contribution >= 0.6 is 45.2 Å². The summed E-state index contributed by atoms with van der Waals surface area (Å²) >= 11 is 3.23. The number of hydrogen-bond donors (Lipinski definition) is 1. The molecule has 0 saturated carbocycles. The Balaban J connectivity index is 3.41. The lowest BCUT2D eigenvalue weighted by Crippen LogP contribution is -2.43. The molecule has 0 aliphatic carbocycles. The van der Waals surface area contributed by atoms with Gasteiger partial charge in [0.1, 0.15) is 12.8 Å². The molecular weight excluding hydrogens is 591 g/mol. The number of ether oxygens (including phenoxy) is 5. The smallest absolute Gasteiger partial charge is 0.280 e. The van der Waals surface area contributed by atoms with E-state index in [1.807, 2.05) is 0 Å². The first-order chi connectivity index (χ1) is 12.8. The average molecular weight is 619 g/mol. The summed E-state index contributed by atoms with van der Waals surface area (Å²) in [7, 11) is 0. The van der Waals surface area contributed by atoms with Crippen LogP contribution in [0.25, 0.3) is 0 Å². The Kier molecular flexibility index (Phi) is 17.4. The maximum absolute atomic E-state index is 14.0. The van der Waals surface area contributed by atoms with Gasteiger partial charge in [-0.2, -0.15) is 0 Å². The molecule has 1 N–H and O–H groups in total. The van der Waals surface area contributed by atoms with Crippen molar-refractivity contribution in [3.05, 3.63) is 0 Å². The van der Waals surface area contributed by atoms with Crippen molar-refractivity contribution in [1.82, 2.24) is 5.32 Å². The summed E-state index contributed by atoms with van der Waals surface area (Å²) < 4.78 is 40.1. The monoisotopic (exact) mass is 619 g/mol. The summed E-state index contributed by atoms with van der Waals surface area (Å²) in [5.74, 6) is 0. The largest absolute Gasteiger partial charge is 0.377 e. The van der Waals surface area contributed by atoms with Crippen molar-refractivity contribution < 1.29 is 37.7 Å². The Bertz CT molecular complexity index is 416. The maximum Gasteiger partial charge on any atom is 0.280 e. The van der Waals surface area contributed by atoms with E-state index in [0.29, 0.717) is 46.2 Å². The molecule has 0 rings (SSSR count). The minimum atomic E-state index is -1.31. The van der Waals surface area contributed by atoms with Gasteiger partial charge in [0.2, 0.25) is 3.79 Å². The van der Waals surface area contributed by atoms with Crippen molar-refractivity contribution in [2.45, 2.75) is 25.6 Å². The van der Waals surface area contributed by atoms with Gasteiger partial charge in [0, 0.05) is 45.2 Å². The van der Waals surface area contributed by atoms with Gasteiger partial charge in [-0.05, 0) is 13.8 Å². The Labute approximate surface area is 186 Å². The van der Waals surface area contributed by atoms with Crippen LogP contribution in [-0.2, 0) is 28.5 Å². The van der Waals surface area contributed by atoms with Gasteiger partial charge in [-0.1, -0.05) is 0 Å². The first kappa shape index (κ1) is 27.3. The highest BCUT2D eigenvalue weighted by atomic mass is 127. The summed E-state index contributed by atoms with van der Waals surface area (Å²) in [6.07, 6.45) is -1.31. The van der Waals surface area contributed by atoms with Crippen molar-refractivity contribution in [2.24, 2.45) is 0 Å². The molecule has 0 fully saturated rings. The number of carbonyl (C=O) groups excluding carboxylic acids is 2. The van der Waals surface area contributed by atoms with Crippen LogP contribution in [0.5, 0.6) is 0 Å². The molecule has 0 aromatic carbocycles.